The van der Waals surface area contributed by atoms with Crippen LogP contribution >= 0.6 is 7.82 Å². The topological polar surface area (TPSA) is 210 Å². The lowest BCUT2D eigenvalue weighted by Crippen LogP contribution is -2.64. The van der Waals surface area contributed by atoms with E-state index in [0.717, 1.165) is 38.5 Å². The molecule has 1 fully saturated rings. The van der Waals surface area contributed by atoms with E-state index in [1.54, 1.807) is 0 Å². The van der Waals surface area contributed by atoms with Gasteiger partial charge in [0.25, 0.3) is 0 Å². The number of carbonyl (C=O) groups excluding carboxylic acids is 2. The Morgan fingerprint density at radius 2 is 0.738 bits per heavy atom. The second-order valence-electron chi connectivity index (χ2n) is 17.7. The molecule has 1 aliphatic rings. The van der Waals surface area contributed by atoms with Gasteiger partial charge < -0.3 is 39.9 Å². The number of hydrogen-bond donors (Lipinski definition) is 6. The van der Waals surface area contributed by atoms with Gasteiger partial charge in [0.1, 0.15) is 43.2 Å². The van der Waals surface area contributed by atoms with E-state index in [4.69, 9.17) is 18.5 Å². The zero-order valence-electron chi connectivity index (χ0n) is 38.5. The summed E-state index contributed by atoms with van der Waals surface area (Å²) in [5, 5.41) is 50.2. The van der Waals surface area contributed by atoms with Crippen LogP contribution in [0.2, 0.25) is 0 Å². The molecule has 6 unspecified atom stereocenters. The molecule has 0 bridgehead atoms. The highest BCUT2D eigenvalue weighted by molar-refractivity contribution is 7.47. The summed E-state index contributed by atoms with van der Waals surface area (Å²) in [5.74, 6) is -1.08. The zero-order chi connectivity index (χ0) is 45.0. The van der Waals surface area contributed by atoms with Gasteiger partial charge in [-0.2, -0.15) is 0 Å². The minimum Gasteiger partial charge on any atom is -0.462 e. The lowest BCUT2D eigenvalue weighted by atomic mass is 9.85. The van der Waals surface area contributed by atoms with Crippen LogP contribution in [0.3, 0.4) is 0 Å². The quantitative estimate of drug-likeness (QED) is 0.0192. The molecular formula is C47H91O13P. The van der Waals surface area contributed by atoms with Crippen LogP contribution in [-0.2, 0) is 32.7 Å². The number of esters is 2. The average molecular weight is 895 g/mol. The molecule has 0 radical (unpaired) electrons. The summed E-state index contributed by atoms with van der Waals surface area (Å²) in [6.45, 7) is 3.34. The van der Waals surface area contributed by atoms with Crippen molar-refractivity contribution < 1.29 is 63.1 Å². The monoisotopic (exact) mass is 895 g/mol. The summed E-state index contributed by atoms with van der Waals surface area (Å²) in [7, 11) is -5.11. The lowest BCUT2D eigenvalue weighted by molar-refractivity contribution is -0.220. The Morgan fingerprint density at radius 1 is 0.443 bits per heavy atom. The van der Waals surface area contributed by atoms with Gasteiger partial charge in [-0.05, 0) is 12.8 Å². The van der Waals surface area contributed by atoms with Crippen molar-refractivity contribution in [2.75, 3.05) is 13.2 Å². The summed E-state index contributed by atoms with van der Waals surface area (Å²) >= 11 is 0. The number of ether oxygens (including phenoxy) is 2. The highest BCUT2D eigenvalue weighted by atomic mass is 31.2. The van der Waals surface area contributed by atoms with Crippen LogP contribution in [0.4, 0.5) is 0 Å². The van der Waals surface area contributed by atoms with Gasteiger partial charge in [-0.25, -0.2) is 4.57 Å². The number of phosphoric ester groups is 1. The predicted octanol–water partition coefficient (Wildman–Crippen LogP) is 10.1. The minimum absolute atomic E-state index is 0.105. The van der Waals surface area contributed by atoms with Gasteiger partial charge in [0.05, 0.1) is 6.61 Å². The van der Waals surface area contributed by atoms with E-state index in [0.29, 0.717) is 12.8 Å². The van der Waals surface area contributed by atoms with Gasteiger partial charge in [0, 0.05) is 12.8 Å². The van der Waals surface area contributed by atoms with Crippen LogP contribution in [0.1, 0.15) is 232 Å². The van der Waals surface area contributed by atoms with Crippen molar-refractivity contribution in [3.8, 4) is 0 Å². The Balaban J connectivity index is 2.39. The second-order valence-corrected chi connectivity index (χ2v) is 19.1. The molecule has 0 aromatic rings. The number of rotatable bonds is 42. The Bertz CT molecular complexity index is 1080. The first kappa shape index (κ1) is 57.9. The van der Waals surface area contributed by atoms with Crippen LogP contribution in [0.25, 0.3) is 0 Å². The summed E-state index contributed by atoms with van der Waals surface area (Å²) in [6.07, 6.45) is 25.8. The molecule has 1 aliphatic carbocycles. The molecule has 0 amide bonds. The van der Waals surface area contributed by atoms with E-state index < -0.39 is 75.7 Å². The maximum absolute atomic E-state index is 12.8. The highest BCUT2D eigenvalue weighted by Gasteiger charge is 2.51. The van der Waals surface area contributed by atoms with E-state index in [1.807, 2.05) is 0 Å². The fourth-order valence-corrected chi connectivity index (χ4v) is 8.91. The average Bonchev–Trinajstić information content (AvgIpc) is 3.24. The first-order valence-electron chi connectivity index (χ1n) is 24.8. The third-order valence-electron chi connectivity index (χ3n) is 11.9. The molecule has 1 saturated carbocycles. The van der Waals surface area contributed by atoms with Crippen molar-refractivity contribution in [2.24, 2.45) is 0 Å². The molecule has 0 saturated heterocycles. The maximum atomic E-state index is 12.8. The zero-order valence-corrected chi connectivity index (χ0v) is 39.4. The highest BCUT2D eigenvalue weighted by Crippen LogP contribution is 2.47. The van der Waals surface area contributed by atoms with Crippen molar-refractivity contribution in [3.05, 3.63) is 0 Å². The Kier molecular flexibility index (Phi) is 36.2. The maximum Gasteiger partial charge on any atom is 0.472 e. The van der Waals surface area contributed by atoms with Crippen molar-refractivity contribution in [1.29, 1.82) is 0 Å². The number of hydrogen-bond acceptors (Lipinski definition) is 12. The van der Waals surface area contributed by atoms with E-state index >= 15 is 0 Å². The van der Waals surface area contributed by atoms with E-state index in [-0.39, 0.29) is 12.8 Å². The number of phosphoric acid groups is 1. The fraction of sp³-hybridized carbons (Fsp3) is 0.957. The molecule has 0 aliphatic heterocycles. The van der Waals surface area contributed by atoms with Crippen LogP contribution in [0, 0.1) is 0 Å². The summed E-state index contributed by atoms with van der Waals surface area (Å²) in [5.41, 5.74) is 0. The van der Waals surface area contributed by atoms with Crippen molar-refractivity contribution in [2.45, 2.75) is 275 Å². The van der Waals surface area contributed by atoms with Gasteiger partial charge >= 0.3 is 19.8 Å². The predicted molar refractivity (Wildman–Crippen MR) is 240 cm³/mol. The molecule has 13 nitrogen and oxygen atoms in total. The molecule has 61 heavy (non-hydrogen) atoms. The number of carbonyl (C=O) groups is 2. The second kappa shape index (κ2) is 38.2. The summed E-state index contributed by atoms with van der Waals surface area (Å²) < 4.78 is 33.6. The smallest absolute Gasteiger partial charge is 0.462 e. The minimum atomic E-state index is -5.11. The summed E-state index contributed by atoms with van der Waals surface area (Å²) in [6, 6.07) is 0. The normalized spacial score (nSPS) is 21.9. The first-order valence-corrected chi connectivity index (χ1v) is 26.3. The van der Waals surface area contributed by atoms with Crippen molar-refractivity contribution in [1.82, 2.24) is 0 Å². The van der Waals surface area contributed by atoms with Crippen LogP contribution in [0.5, 0.6) is 0 Å². The molecule has 6 N–H and O–H groups in total. The van der Waals surface area contributed by atoms with Crippen molar-refractivity contribution >= 4 is 19.8 Å². The van der Waals surface area contributed by atoms with Gasteiger partial charge in [0.2, 0.25) is 0 Å². The first-order chi connectivity index (χ1) is 29.4. The van der Waals surface area contributed by atoms with Gasteiger partial charge in [0.15, 0.2) is 6.10 Å². The van der Waals surface area contributed by atoms with Gasteiger partial charge in [-0.1, -0.05) is 206 Å². The Hall–Kier alpha value is -1.15. The number of aliphatic hydroxyl groups is 5. The van der Waals surface area contributed by atoms with Crippen LogP contribution < -0.4 is 0 Å². The molecule has 1 rings (SSSR count). The largest absolute Gasteiger partial charge is 0.472 e. The molecule has 8 atom stereocenters. The Labute approximate surface area is 370 Å². The van der Waals surface area contributed by atoms with Crippen LogP contribution in [0.15, 0.2) is 0 Å². The van der Waals surface area contributed by atoms with E-state index in [1.165, 1.54) is 154 Å². The molecule has 362 valence electrons. The van der Waals surface area contributed by atoms with Gasteiger partial charge in [-0.15, -0.1) is 0 Å². The number of unbranched alkanes of at least 4 members (excludes halogenated alkanes) is 30. The molecule has 0 heterocycles. The molecular weight excluding hydrogens is 803 g/mol. The fourth-order valence-electron chi connectivity index (χ4n) is 7.94. The third kappa shape index (κ3) is 30.6. The van der Waals surface area contributed by atoms with Crippen molar-refractivity contribution in [3.63, 3.8) is 0 Å². The molecule has 0 aromatic carbocycles. The SMILES string of the molecule is CCCCCCCCCCCCCCCCCCCCC(=O)OC[C@H](COP(=O)(O)OC1C(O)C(O)C(O)[C@@H](O)C1O)OC(=O)CCCCCCCCCCCCCCCC. The number of aliphatic hydroxyl groups excluding tert-OH is 5. The Morgan fingerprint density at radius 3 is 1.08 bits per heavy atom. The summed E-state index contributed by atoms with van der Waals surface area (Å²) in [4.78, 5) is 35.7. The van der Waals surface area contributed by atoms with E-state index in [9.17, 15) is 44.6 Å². The molecule has 0 aromatic heterocycles. The van der Waals surface area contributed by atoms with Crippen LogP contribution in [-0.4, -0.2) is 98.3 Å². The van der Waals surface area contributed by atoms with E-state index in [2.05, 4.69) is 13.8 Å². The third-order valence-corrected chi connectivity index (χ3v) is 12.9. The van der Waals surface area contributed by atoms with Gasteiger partial charge in [-0.3, -0.25) is 18.6 Å². The standard InChI is InChI=1S/C47H91O13P/c1-3-5-7-9-11-13-15-17-19-20-21-22-24-25-27-29-31-33-35-40(48)57-37-39(38-58-61(55,56)60-47-45(53)43(51)42(50)44(52)46(47)54)59-41(49)36-34-32-30-28-26-23-18-16-14-12-10-8-6-4-2/h39,42-47,50-54H,3-38H2,1-2H3,(H,55,56)/t39-,42?,43-,44?,45?,46?,47?/m1/s1. The lowest BCUT2D eigenvalue weighted by Gasteiger charge is -2.41. The molecule has 0 spiro atoms. The molecule has 14 heteroatoms.